The van der Waals surface area contributed by atoms with Crippen LogP contribution < -0.4 is 5.32 Å². The van der Waals surface area contributed by atoms with Crippen LogP contribution in [0.3, 0.4) is 0 Å². The minimum atomic E-state index is -0.260. The molecule has 4 aromatic rings. The number of fused-ring (bicyclic) bond motifs is 1. The van der Waals surface area contributed by atoms with E-state index in [0.29, 0.717) is 25.4 Å². The minimum Gasteiger partial charge on any atom is -0.368 e. The molecule has 32 heavy (non-hydrogen) atoms. The van der Waals surface area contributed by atoms with Crippen molar-refractivity contribution in [3.63, 3.8) is 0 Å². The third-order valence-corrected chi connectivity index (χ3v) is 5.85. The Labute approximate surface area is 186 Å². The van der Waals surface area contributed by atoms with E-state index in [1.54, 1.807) is 12.4 Å². The number of pyridine rings is 2. The first-order valence-corrected chi connectivity index (χ1v) is 10.7. The summed E-state index contributed by atoms with van der Waals surface area (Å²) >= 11 is 0. The number of ether oxygens (including phenoxy) is 1. The van der Waals surface area contributed by atoms with Crippen LogP contribution in [0.4, 0.5) is 11.5 Å². The molecule has 0 radical (unpaired) electrons. The number of aryl methyl sites for hydroxylation is 2. The third-order valence-electron chi connectivity index (χ3n) is 5.85. The van der Waals surface area contributed by atoms with Gasteiger partial charge < -0.3 is 19.9 Å². The average molecular weight is 428 g/mol. The number of benzene rings is 1. The molecule has 1 saturated heterocycles. The highest BCUT2D eigenvalue weighted by molar-refractivity contribution is 5.98. The highest BCUT2D eigenvalue weighted by Gasteiger charge is 2.28. The van der Waals surface area contributed by atoms with Crippen molar-refractivity contribution in [1.29, 1.82) is 0 Å². The number of amides is 1. The predicted octanol–water partition coefficient (Wildman–Crippen LogP) is 4.53. The second kappa shape index (κ2) is 8.43. The van der Waals surface area contributed by atoms with Crippen LogP contribution in [0.5, 0.6) is 0 Å². The van der Waals surface area contributed by atoms with E-state index in [1.165, 1.54) is 0 Å². The lowest BCUT2D eigenvalue weighted by atomic mass is 10.1. The molecular formula is C25H25N5O2. The van der Waals surface area contributed by atoms with E-state index >= 15 is 0 Å². The number of carbonyl (C=O) groups is 1. The van der Waals surface area contributed by atoms with E-state index in [1.807, 2.05) is 54.3 Å². The Morgan fingerprint density at radius 1 is 1.12 bits per heavy atom. The van der Waals surface area contributed by atoms with E-state index in [0.717, 1.165) is 39.2 Å². The number of anilines is 2. The third kappa shape index (κ3) is 3.94. The van der Waals surface area contributed by atoms with Crippen molar-refractivity contribution in [3.05, 3.63) is 83.4 Å². The quantitative estimate of drug-likeness (QED) is 0.500. The van der Waals surface area contributed by atoms with Crippen LogP contribution in [0.2, 0.25) is 0 Å². The summed E-state index contributed by atoms with van der Waals surface area (Å²) < 4.78 is 5.94. The molecule has 1 aliphatic heterocycles. The van der Waals surface area contributed by atoms with Crippen molar-refractivity contribution in [3.8, 4) is 0 Å². The zero-order valence-corrected chi connectivity index (χ0v) is 18.1. The van der Waals surface area contributed by atoms with Gasteiger partial charge in [-0.1, -0.05) is 18.2 Å². The largest absolute Gasteiger partial charge is 0.368 e. The van der Waals surface area contributed by atoms with Crippen molar-refractivity contribution >= 4 is 28.3 Å². The lowest BCUT2D eigenvalue weighted by molar-refractivity contribution is -0.0248. The number of nitrogens with one attached hydrogen (secondary N) is 2. The fraction of sp³-hybridized carbons (Fsp3) is 0.240. The Bertz CT molecular complexity index is 1270. The van der Waals surface area contributed by atoms with E-state index in [9.17, 15) is 4.79 Å². The Balaban J connectivity index is 1.29. The highest BCUT2D eigenvalue weighted by atomic mass is 16.5. The Hall–Kier alpha value is -3.71. The summed E-state index contributed by atoms with van der Waals surface area (Å²) in [5.74, 6) is 0.791. The van der Waals surface area contributed by atoms with Gasteiger partial charge in [-0.15, -0.1) is 0 Å². The summed E-state index contributed by atoms with van der Waals surface area (Å²) in [5.41, 5.74) is 5.45. The zero-order valence-electron chi connectivity index (χ0n) is 18.1. The molecule has 7 nitrogen and oxygen atoms in total. The number of aromatic nitrogens is 3. The van der Waals surface area contributed by atoms with E-state index in [4.69, 9.17) is 4.74 Å². The molecule has 1 atom stereocenters. The number of morpholine rings is 1. The molecule has 2 N–H and O–H groups in total. The monoisotopic (exact) mass is 427 g/mol. The lowest BCUT2D eigenvalue weighted by Gasteiger charge is -2.32. The number of carbonyl (C=O) groups excluding carboxylic acids is 1. The van der Waals surface area contributed by atoms with Gasteiger partial charge in [0.15, 0.2) is 0 Å². The van der Waals surface area contributed by atoms with Gasteiger partial charge in [0.2, 0.25) is 0 Å². The smallest absolute Gasteiger partial charge is 0.270 e. The summed E-state index contributed by atoms with van der Waals surface area (Å²) in [7, 11) is 0. The predicted molar refractivity (Wildman–Crippen MR) is 124 cm³/mol. The Morgan fingerprint density at radius 2 is 2.00 bits per heavy atom. The second-order valence-electron chi connectivity index (χ2n) is 8.10. The number of H-pyrrole nitrogens is 1. The van der Waals surface area contributed by atoms with Gasteiger partial charge in [-0.05, 0) is 55.3 Å². The molecule has 7 heteroatoms. The highest BCUT2D eigenvalue weighted by Crippen LogP contribution is 2.25. The molecule has 0 unspecified atom stereocenters. The first-order valence-electron chi connectivity index (χ1n) is 10.7. The van der Waals surface area contributed by atoms with Gasteiger partial charge in [-0.25, -0.2) is 4.98 Å². The number of rotatable bonds is 4. The van der Waals surface area contributed by atoms with Crippen LogP contribution >= 0.6 is 0 Å². The molecule has 1 aliphatic rings. The molecule has 1 aromatic carbocycles. The van der Waals surface area contributed by atoms with Crippen LogP contribution in [0, 0.1) is 13.8 Å². The summed E-state index contributed by atoms with van der Waals surface area (Å²) in [6, 6.07) is 15.8. The summed E-state index contributed by atoms with van der Waals surface area (Å²) in [4.78, 5) is 27.2. The van der Waals surface area contributed by atoms with Crippen molar-refractivity contribution in [2.45, 2.75) is 20.0 Å². The number of aromatic amines is 1. The number of nitrogens with zero attached hydrogens (tertiary/aromatic N) is 3. The lowest BCUT2D eigenvalue weighted by Crippen LogP contribution is -2.42. The molecule has 0 spiro atoms. The molecule has 3 aromatic heterocycles. The standard InChI is InChI=1S/C25H25N5O2/c1-16-5-3-7-20-19(16)13-22(29-20)25(31)30-11-12-32-23(15-30)21-9-8-18(14-27-21)28-24-17(2)6-4-10-26-24/h3-10,13-14,23,29H,11-12,15H2,1-2H3,(H,26,28)/t23-/m1/s1. The molecule has 162 valence electrons. The summed E-state index contributed by atoms with van der Waals surface area (Å²) in [5, 5.41) is 4.36. The molecule has 0 aliphatic carbocycles. The van der Waals surface area contributed by atoms with Crippen molar-refractivity contribution < 1.29 is 9.53 Å². The number of hydrogen-bond acceptors (Lipinski definition) is 5. The van der Waals surface area contributed by atoms with Crippen molar-refractivity contribution in [2.75, 3.05) is 25.0 Å². The SMILES string of the molecule is Cc1cccnc1Nc1ccc([C@H]2CN(C(=O)c3cc4c(C)cccc4[nH]3)CCO2)nc1. The van der Waals surface area contributed by atoms with Crippen molar-refractivity contribution in [1.82, 2.24) is 19.9 Å². The second-order valence-corrected chi connectivity index (χ2v) is 8.10. The van der Waals surface area contributed by atoms with E-state index in [2.05, 4.69) is 33.3 Å². The molecule has 0 saturated carbocycles. The number of hydrogen-bond donors (Lipinski definition) is 2. The van der Waals surface area contributed by atoms with Gasteiger partial charge in [0.05, 0.1) is 30.7 Å². The molecular weight excluding hydrogens is 402 g/mol. The van der Waals surface area contributed by atoms with Gasteiger partial charge in [-0.2, -0.15) is 0 Å². The van der Waals surface area contributed by atoms with Crippen LogP contribution in [0.15, 0.2) is 60.9 Å². The maximum Gasteiger partial charge on any atom is 0.270 e. The molecule has 1 fully saturated rings. The van der Waals surface area contributed by atoms with Gasteiger partial charge in [0, 0.05) is 23.6 Å². The maximum atomic E-state index is 13.1. The van der Waals surface area contributed by atoms with Crippen LogP contribution in [-0.2, 0) is 4.74 Å². The Kier molecular flexibility index (Phi) is 5.33. The van der Waals surface area contributed by atoms with Crippen LogP contribution in [-0.4, -0.2) is 45.5 Å². The zero-order chi connectivity index (χ0) is 22.1. The van der Waals surface area contributed by atoms with Crippen molar-refractivity contribution in [2.24, 2.45) is 0 Å². The van der Waals surface area contributed by atoms with E-state index in [-0.39, 0.29) is 12.0 Å². The minimum absolute atomic E-state index is 0.0159. The molecule has 5 rings (SSSR count). The van der Waals surface area contributed by atoms with Gasteiger partial charge in [-0.3, -0.25) is 9.78 Å². The first-order chi connectivity index (χ1) is 15.6. The first kappa shape index (κ1) is 20.2. The van der Waals surface area contributed by atoms with Gasteiger partial charge in [0.25, 0.3) is 5.91 Å². The molecule has 4 heterocycles. The van der Waals surface area contributed by atoms with Gasteiger partial charge >= 0.3 is 0 Å². The van der Waals surface area contributed by atoms with Crippen LogP contribution in [0.1, 0.15) is 33.4 Å². The van der Waals surface area contributed by atoms with Crippen LogP contribution in [0.25, 0.3) is 10.9 Å². The summed E-state index contributed by atoms with van der Waals surface area (Å²) in [6.07, 6.45) is 3.27. The topological polar surface area (TPSA) is 83.1 Å². The fourth-order valence-corrected chi connectivity index (χ4v) is 4.03. The van der Waals surface area contributed by atoms with E-state index < -0.39 is 0 Å². The molecule has 1 amide bonds. The normalized spacial score (nSPS) is 16.3. The fourth-order valence-electron chi connectivity index (χ4n) is 4.03. The Morgan fingerprint density at radius 3 is 2.78 bits per heavy atom. The summed E-state index contributed by atoms with van der Waals surface area (Å²) in [6.45, 7) is 5.56. The maximum absolute atomic E-state index is 13.1. The van der Waals surface area contributed by atoms with Gasteiger partial charge in [0.1, 0.15) is 17.6 Å². The molecule has 0 bridgehead atoms. The average Bonchev–Trinajstić information content (AvgIpc) is 3.26.